The maximum Gasteiger partial charge on any atom is 0.407 e. The average molecular weight is 240 g/mol. The number of nitrogens with two attached hydrogens (primary N) is 1. The van der Waals surface area contributed by atoms with Gasteiger partial charge in [0.1, 0.15) is 11.4 Å². The quantitative estimate of drug-likeness (QED) is 0.780. The number of benzene rings is 1. The SMILES string of the molecule is CC(C)(C)OC(=O)NCc1ccc(N)c(F)c1. The number of ether oxygens (including phenoxy) is 1. The van der Waals surface area contributed by atoms with Crippen molar-refractivity contribution in [3.63, 3.8) is 0 Å². The summed E-state index contributed by atoms with van der Waals surface area (Å²) in [5.74, 6) is -0.492. The molecule has 3 N–H and O–H groups in total. The molecule has 17 heavy (non-hydrogen) atoms. The van der Waals surface area contributed by atoms with Crippen LogP contribution in [0.1, 0.15) is 26.3 Å². The first-order chi connectivity index (χ1) is 7.78. The highest BCUT2D eigenvalue weighted by Crippen LogP contribution is 2.12. The molecule has 0 heterocycles. The molecule has 0 aliphatic carbocycles. The van der Waals surface area contributed by atoms with Gasteiger partial charge in [0.05, 0.1) is 5.69 Å². The Balaban J connectivity index is 2.50. The van der Waals surface area contributed by atoms with Crippen molar-refractivity contribution in [2.24, 2.45) is 0 Å². The summed E-state index contributed by atoms with van der Waals surface area (Å²) in [5.41, 5.74) is 5.51. The van der Waals surface area contributed by atoms with E-state index in [0.29, 0.717) is 5.56 Å². The van der Waals surface area contributed by atoms with Crippen LogP contribution in [-0.4, -0.2) is 11.7 Å². The molecule has 0 atom stereocenters. The van der Waals surface area contributed by atoms with E-state index in [2.05, 4.69) is 5.32 Å². The standard InChI is InChI=1S/C12H17FN2O2/c1-12(2,3)17-11(16)15-7-8-4-5-10(14)9(13)6-8/h4-6H,7,14H2,1-3H3,(H,15,16). The molecule has 1 rings (SSSR count). The van der Waals surface area contributed by atoms with Crippen LogP contribution in [0.25, 0.3) is 0 Å². The molecule has 0 saturated heterocycles. The lowest BCUT2D eigenvalue weighted by Crippen LogP contribution is -2.32. The minimum absolute atomic E-state index is 0.0889. The first kappa shape index (κ1) is 13.3. The average Bonchev–Trinajstić information content (AvgIpc) is 2.17. The van der Waals surface area contributed by atoms with Crippen LogP contribution in [0, 0.1) is 5.82 Å². The molecular formula is C12H17FN2O2. The normalized spacial score (nSPS) is 11.1. The number of hydrogen-bond acceptors (Lipinski definition) is 3. The fourth-order valence-corrected chi connectivity index (χ4v) is 1.17. The maximum absolute atomic E-state index is 13.1. The number of halogens is 1. The van der Waals surface area contributed by atoms with Crippen molar-refractivity contribution in [1.29, 1.82) is 0 Å². The molecule has 0 bridgehead atoms. The van der Waals surface area contributed by atoms with Gasteiger partial charge in [-0.2, -0.15) is 0 Å². The minimum atomic E-state index is -0.545. The van der Waals surface area contributed by atoms with Crippen LogP contribution < -0.4 is 11.1 Å². The van der Waals surface area contributed by atoms with Gasteiger partial charge in [-0.1, -0.05) is 6.07 Å². The summed E-state index contributed by atoms with van der Waals surface area (Å²) in [6.07, 6.45) is -0.533. The molecule has 0 spiro atoms. The van der Waals surface area contributed by atoms with Crippen molar-refractivity contribution in [1.82, 2.24) is 5.32 Å². The monoisotopic (exact) mass is 240 g/mol. The van der Waals surface area contributed by atoms with Crippen LogP contribution >= 0.6 is 0 Å². The highest BCUT2D eigenvalue weighted by atomic mass is 19.1. The molecular weight excluding hydrogens is 223 g/mol. The second kappa shape index (κ2) is 5.03. The van der Waals surface area contributed by atoms with E-state index in [4.69, 9.17) is 10.5 Å². The Morgan fingerprint density at radius 1 is 1.47 bits per heavy atom. The molecule has 1 aromatic carbocycles. The van der Waals surface area contributed by atoms with Crippen LogP contribution in [0.15, 0.2) is 18.2 Å². The largest absolute Gasteiger partial charge is 0.444 e. The van der Waals surface area contributed by atoms with Crippen molar-refractivity contribution in [3.8, 4) is 0 Å². The number of hydrogen-bond donors (Lipinski definition) is 2. The minimum Gasteiger partial charge on any atom is -0.444 e. The van der Waals surface area contributed by atoms with E-state index in [-0.39, 0.29) is 12.2 Å². The highest BCUT2D eigenvalue weighted by Gasteiger charge is 2.15. The number of alkyl carbamates (subject to hydrolysis) is 1. The molecule has 94 valence electrons. The number of amides is 1. The van der Waals surface area contributed by atoms with E-state index in [1.165, 1.54) is 12.1 Å². The molecule has 0 aliphatic rings. The van der Waals surface area contributed by atoms with Gasteiger partial charge < -0.3 is 15.8 Å². The summed E-state index contributed by atoms with van der Waals surface area (Å²) in [7, 11) is 0. The number of nitrogens with one attached hydrogen (secondary N) is 1. The third kappa shape index (κ3) is 4.72. The Morgan fingerprint density at radius 3 is 2.65 bits per heavy atom. The molecule has 0 unspecified atom stereocenters. The zero-order valence-electron chi connectivity index (χ0n) is 10.2. The van der Waals surface area contributed by atoms with Crippen LogP contribution in [0.5, 0.6) is 0 Å². The zero-order chi connectivity index (χ0) is 13.1. The van der Waals surface area contributed by atoms with E-state index in [9.17, 15) is 9.18 Å². The Hall–Kier alpha value is -1.78. The summed E-state index contributed by atoms with van der Waals surface area (Å²) in [5, 5.41) is 2.53. The predicted molar refractivity (Wildman–Crippen MR) is 63.9 cm³/mol. The van der Waals surface area contributed by atoms with Crippen molar-refractivity contribution < 1.29 is 13.9 Å². The van der Waals surface area contributed by atoms with Gasteiger partial charge >= 0.3 is 6.09 Å². The lowest BCUT2D eigenvalue weighted by Gasteiger charge is -2.19. The molecule has 5 heteroatoms. The Labute approximate surface area is 100.0 Å². The first-order valence-electron chi connectivity index (χ1n) is 5.29. The summed E-state index contributed by atoms with van der Waals surface area (Å²) >= 11 is 0. The third-order valence-electron chi connectivity index (χ3n) is 1.90. The molecule has 1 amide bonds. The van der Waals surface area contributed by atoms with Gasteiger partial charge in [-0.25, -0.2) is 9.18 Å². The van der Waals surface area contributed by atoms with Gasteiger partial charge in [-0.15, -0.1) is 0 Å². The number of carbonyl (C=O) groups is 1. The van der Waals surface area contributed by atoms with Crippen LogP contribution in [0.2, 0.25) is 0 Å². The van der Waals surface area contributed by atoms with E-state index in [1.807, 2.05) is 0 Å². The van der Waals surface area contributed by atoms with Crippen molar-refractivity contribution >= 4 is 11.8 Å². The highest BCUT2D eigenvalue weighted by molar-refractivity contribution is 5.67. The lowest BCUT2D eigenvalue weighted by molar-refractivity contribution is 0.0523. The van der Waals surface area contributed by atoms with Crippen LogP contribution in [0.4, 0.5) is 14.9 Å². The molecule has 0 aromatic heterocycles. The fourth-order valence-electron chi connectivity index (χ4n) is 1.17. The summed E-state index contributed by atoms with van der Waals surface area (Å²) in [4.78, 5) is 11.3. The second-order valence-corrected chi connectivity index (χ2v) is 4.71. The first-order valence-corrected chi connectivity index (χ1v) is 5.29. The molecule has 0 radical (unpaired) electrons. The molecule has 1 aromatic rings. The van der Waals surface area contributed by atoms with Crippen LogP contribution in [-0.2, 0) is 11.3 Å². The number of anilines is 1. The molecule has 0 aliphatic heterocycles. The van der Waals surface area contributed by atoms with Crippen LogP contribution in [0.3, 0.4) is 0 Å². The third-order valence-corrected chi connectivity index (χ3v) is 1.90. The van der Waals surface area contributed by atoms with E-state index in [1.54, 1.807) is 26.8 Å². The van der Waals surface area contributed by atoms with Gasteiger partial charge in [0.2, 0.25) is 0 Å². The van der Waals surface area contributed by atoms with Gasteiger partial charge in [0, 0.05) is 6.54 Å². The van der Waals surface area contributed by atoms with Crippen molar-refractivity contribution in [2.75, 3.05) is 5.73 Å². The van der Waals surface area contributed by atoms with Gasteiger partial charge in [0.25, 0.3) is 0 Å². The van der Waals surface area contributed by atoms with Gasteiger partial charge in [-0.05, 0) is 38.5 Å². The summed E-state index contributed by atoms with van der Waals surface area (Å²) in [6, 6.07) is 4.39. The number of nitrogen functional groups attached to an aromatic ring is 1. The zero-order valence-corrected chi connectivity index (χ0v) is 10.2. The summed E-state index contributed by atoms with van der Waals surface area (Å²) in [6.45, 7) is 5.52. The number of carbonyl (C=O) groups excluding carboxylic acids is 1. The maximum atomic E-state index is 13.1. The van der Waals surface area contributed by atoms with Crippen molar-refractivity contribution in [3.05, 3.63) is 29.6 Å². The van der Waals surface area contributed by atoms with E-state index < -0.39 is 17.5 Å². The summed E-state index contributed by atoms with van der Waals surface area (Å²) < 4.78 is 18.2. The molecule has 0 saturated carbocycles. The molecule has 4 nitrogen and oxygen atoms in total. The Kier molecular flexibility index (Phi) is 3.93. The van der Waals surface area contributed by atoms with Crippen molar-refractivity contribution in [2.45, 2.75) is 32.9 Å². The van der Waals surface area contributed by atoms with Gasteiger partial charge in [0.15, 0.2) is 0 Å². The van der Waals surface area contributed by atoms with Gasteiger partial charge in [-0.3, -0.25) is 0 Å². The number of rotatable bonds is 2. The Bertz CT molecular complexity index is 413. The topological polar surface area (TPSA) is 64.3 Å². The van der Waals surface area contributed by atoms with E-state index in [0.717, 1.165) is 0 Å². The fraction of sp³-hybridized carbons (Fsp3) is 0.417. The lowest BCUT2D eigenvalue weighted by atomic mass is 10.2. The smallest absolute Gasteiger partial charge is 0.407 e. The van der Waals surface area contributed by atoms with E-state index >= 15 is 0 Å². The Morgan fingerprint density at radius 2 is 2.12 bits per heavy atom. The molecule has 0 fully saturated rings. The second-order valence-electron chi connectivity index (χ2n) is 4.71. The predicted octanol–water partition coefficient (Wildman–Crippen LogP) is 2.43.